The fourth-order valence-electron chi connectivity index (χ4n) is 2.51. The van der Waals surface area contributed by atoms with E-state index in [0.717, 1.165) is 18.6 Å². The van der Waals surface area contributed by atoms with Gasteiger partial charge in [0.1, 0.15) is 5.76 Å². The highest BCUT2D eigenvalue weighted by Crippen LogP contribution is 2.22. The highest BCUT2D eigenvalue weighted by Gasteiger charge is 2.25. The molecule has 1 aromatic rings. The van der Waals surface area contributed by atoms with Crippen molar-refractivity contribution in [3.63, 3.8) is 0 Å². The lowest BCUT2D eigenvalue weighted by molar-refractivity contribution is -0.0436. The van der Waals surface area contributed by atoms with Crippen molar-refractivity contribution in [1.29, 1.82) is 0 Å². The molecule has 1 saturated heterocycles. The van der Waals surface area contributed by atoms with Crippen LogP contribution in [0.3, 0.4) is 0 Å². The lowest BCUT2D eigenvalue weighted by atomic mass is 9.99. The standard InChI is InChI=1S/C13H21NO2/c1-9-7-12(8-10(2)16-9)14-11(3)13-5-4-6-15-13/h4-6,9-12,14H,7-8H2,1-3H3/t9?,10?,11-,12?/m0/s1. The van der Waals surface area contributed by atoms with E-state index in [4.69, 9.17) is 9.15 Å². The number of nitrogens with one attached hydrogen (secondary N) is 1. The normalized spacial score (nSPS) is 32.6. The molecule has 90 valence electrons. The summed E-state index contributed by atoms with van der Waals surface area (Å²) in [5.74, 6) is 1.01. The summed E-state index contributed by atoms with van der Waals surface area (Å²) >= 11 is 0. The fourth-order valence-corrected chi connectivity index (χ4v) is 2.51. The Morgan fingerprint density at radius 2 is 2.00 bits per heavy atom. The summed E-state index contributed by atoms with van der Waals surface area (Å²) in [5.41, 5.74) is 0. The lowest BCUT2D eigenvalue weighted by Gasteiger charge is -2.34. The Balaban J connectivity index is 1.89. The Hall–Kier alpha value is -0.800. The molecule has 2 unspecified atom stereocenters. The summed E-state index contributed by atoms with van der Waals surface area (Å²) in [6.07, 6.45) is 4.59. The average molecular weight is 223 g/mol. The first-order valence-corrected chi connectivity index (χ1v) is 6.10. The average Bonchev–Trinajstić information content (AvgIpc) is 2.68. The minimum Gasteiger partial charge on any atom is -0.468 e. The molecule has 1 N–H and O–H groups in total. The smallest absolute Gasteiger partial charge is 0.120 e. The van der Waals surface area contributed by atoms with Crippen LogP contribution in [-0.4, -0.2) is 18.2 Å². The molecule has 0 radical (unpaired) electrons. The third-order valence-electron chi connectivity index (χ3n) is 3.15. The molecular formula is C13H21NO2. The minimum absolute atomic E-state index is 0.275. The van der Waals surface area contributed by atoms with Crippen LogP contribution in [0.5, 0.6) is 0 Å². The van der Waals surface area contributed by atoms with Crippen molar-refractivity contribution in [3.05, 3.63) is 24.2 Å². The van der Waals surface area contributed by atoms with E-state index in [1.807, 2.05) is 12.1 Å². The van der Waals surface area contributed by atoms with Crippen LogP contribution in [0.2, 0.25) is 0 Å². The van der Waals surface area contributed by atoms with Gasteiger partial charge in [-0.15, -0.1) is 0 Å². The molecule has 1 fully saturated rings. The van der Waals surface area contributed by atoms with E-state index in [0.29, 0.717) is 18.2 Å². The van der Waals surface area contributed by atoms with Crippen LogP contribution in [0.25, 0.3) is 0 Å². The third kappa shape index (κ3) is 2.86. The van der Waals surface area contributed by atoms with E-state index in [9.17, 15) is 0 Å². The Labute approximate surface area is 97.2 Å². The van der Waals surface area contributed by atoms with E-state index in [-0.39, 0.29) is 6.04 Å². The number of hydrogen-bond donors (Lipinski definition) is 1. The van der Waals surface area contributed by atoms with Crippen LogP contribution >= 0.6 is 0 Å². The van der Waals surface area contributed by atoms with Crippen LogP contribution < -0.4 is 5.32 Å². The molecule has 1 aromatic heterocycles. The van der Waals surface area contributed by atoms with E-state index < -0.39 is 0 Å². The monoisotopic (exact) mass is 223 g/mol. The van der Waals surface area contributed by atoms with Gasteiger partial charge in [0, 0.05) is 6.04 Å². The van der Waals surface area contributed by atoms with E-state index >= 15 is 0 Å². The largest absolute Gasteiger partial charge is 0.468 e. The van der Waals surface area contributed by atoms with Crippen molar-refractivity contribution < 1.29 is 9.15 Å². The first-order valence-electron chi connectivity index (χ1n) is 6.10. The second-order valence-corrected chi connectivity index (χ2v) is 4.83. The summed E-state index contributed by atoms with van der Waals surface area (Å²) in [6.45, 7) is 6.42. The molecule has 0 aromatic carbocycles. The summed E-state index contributed by atoms with van der Waals surface area (Å²) < 4.78 is 11.1. The van der Waals surface area contributed by atoms with Crippen LogP contribution in [0, 0.1) is 0 Å². The van der Waals surface area contributed by atoms with Gasteiger partial charge >= 0.3 is 0 Å². The lowest BCUT2D eigenvalue weighted by Crippen LogP contribution is -2.42. The van der Waals surface area contributed by atoms with Gasteiger partial charge in [0.15, 0.2) is 0 Å². The maximum atomic E-state index is 5.73. The molecule has 3 heteroatoms. The molecular weight excluding hydrogens is 202 g/mol. The van der Waals surface area contributed by atoms with Gasteiger partial charge < -0.3 is 14.5 Å². The van der Waals surface area contributed by atoms with Gasteiger partial charge in [0.25, 0.3) is 0 Å². The Morgan fingerprint density at radius 1 is 1.31 bits per heavy atom. The van der Waals surface area contributed by atoms with Crippen molar-refractivity contribution in [3.8, 4) is 0 Å². The molecule has 1 aliphatic rings. The molecule has 0 bridgehead atoms. The van der Waals surface area contributed by atoms with Crippen LogP contribution in [0.15, 0.2) is 22.8 Å². The Kier molecular flexibility index (Phi) is 3.66. The summed E-state index contributed by atoms with van der Waals surface area (Å²) in [5, 5.41) is 3.61. The predicted octanol–water partition coefficient (Wildman–Crippen LogP) is 2.89. The van der Waals surface area contributed by atoms with Crippen LogP contribution in [0.1, 0.15) is 45.4 Å². The van der Waals surface area contributed by atoms with Crippen LogP contribution in [0.4, 0.5) is 0 Å². The van der Waals surface area contributed by atoms with Gasteiger partial charge in [-0.1, -0.05) is 0 Å². The second kappa shape index (κ2) is 5.02. The molecule has 2 heterocycles. The minimum atomic E-state index is 0.275. The van der Waals surface area contributed by atoms with Crippen molar-refractivity contribution in [2.45, 2.75) is 57.9 Å². The topological polar surface area (TPSA) is 34.4 Å². The molecule has 0 spiro atoms. The zero-order chi connectivity index (χ0) is 11.5. The maximum absolute atomic E-state index is 5.73. The number of hydrogen-bond acceptors (Lipinski definition) is 3. The quantitative estimate of drug-likeness (QED) is 0.855. The SMILES string of the molecule is CC1CC(N[C@@H](C)c2ccco2)CC(C)O1. The van der Waals surface area contributed by atoms with Gasteiger partial charge in [0.05, 0.1) is 24.5 Å². The van der Waals surface area contributed by atoms with E-state index in [2.05, 4.69) is 26.1 Å². The van der Waals surface area contributed by atoms with Crippen molar-refractivity contribution in [1.82, 2.24) is 5.32 Å². The Morgan fingerprint density at radius 3 is 2.56 bits per heavy atom. The van der Waals surface area contributed by atoms with Crippen molar-refractivity contribution in [2.75, 3.05) is 0 Å². The van der Waals surface area contributed by atoms with E-state index in [1.54, 1.807) is 6.26 Å². The number of rotatable bonds is 3. The molecule has 3 atom stereocenters. The first-order chi connectivity index (χ1) is 7.65. The van der Waals surface area contributed by atoms with Crippen molar-refractivity contribution >= 4 is 0 Å². The molecule has 3 nitrogen and oxygen atoms in total. The summed E-state index contributed by atoms with van der Waals surface area (Å²) in [4.78, 5) is 0. The van der Waals surface area contributed by atoms with E-state index in [1.165, 1.54) is 0 Å². The number of furan rings is 1. The maximum Gasteiger partial charge on any atom is 0.120 e. The molecule has 0 aliphatic carbocycles. The zero-order valence-corrected chi connectivity index (χ0v) is 10.3. The summed E-state index contributed by atoms with van der Waals surface area (Å²) in [6, 6.07) is 4.75. The summed E-state index contributed by atoms with van der Waals surface area (Å²) in [7, 11) is 0. The zero-order valence-electron chi connectivity index (χ0n) is 10.3. The first kappa shape index (κ1) is 11.7. The Bertz CT molecular complexity index is 300. The molecule has 1 aliphatic heterocycles. The third-order valence-corrected chi connectivity index (χ3v) is 3.15. The van der Waals surface area contributed by atoms with Gasteiger partial charge in [-0.25, -0.2) is 0 Å². The van der Waals surface area contributed by atoms with Gasteiger partial charge in [-0.2, -0.15) is 0 Å². The van der Waals surface area contributed by atoms with Gasteiger partial charge in [-0.3, -0.25) is 0 Å². The molecule has 16 heavy (non-hydrogen) atoms. The predicted molar refractivity (Wildman–Crippen MR) is 63.3 cm³/mol. The highest BCUT2D eigenvalue weighted by atomic mass is 16.5. The van der Waals surface area contributed by atoms with Crippen molar-refractivity contribution in [2.24, 2.45) is 0 Å². The molecule has 0 amide bonds. The molecule has 2 rings (SSSR count). The fraction of sp³-hybridized carbons (Fsp3) is 0.692. The molecule has 0 saturated carbocycles. The van der Waals surface area contributed by atoms with Crippen LogP contribution in [-0.2, 0) is 4.74 Å². The van der Waals surface area contributed by atoms with Gasteiger partial charge in [0.2, 0.25) is 0 Å². The number of ether oxygens (including phenoxy) is 1. The highest BCUT2D eigenvalue weighted by molar-refractivity contribution is 5.03. The van der Waals surface area contributed by atoms with Gasteiger partial charge in [-0.05, 0) is 45.7 Å². The second-order valence-electron chi connectivity index (χ2n) is 4.83.